The zero-order valence-corrected chi connectivity index (χ0v) is 56.0. The van der Waals surface area contributed by atoms with Gasteiger partial charge in [0.25, 0.3) is 11.8 Å². The Morgan fingerprint density at radius 1 is 0.500 bits per heavy atom. The van der Waals surface area contributed by atoms with Crippen LogP contribution in [0, 0.1) is 23.3 Å². The number of aromatic nitrogens is 8. The minimum absolute atomic E-state index is 0. The van der Waals surface area contributed by atoms with Crippen molar-refractivity contribution in [3.05, 3.63) is 211 Å². The summed E-state index contributed by atoms with van der Waals surface area (Å²) in [7, 11) is -2.76. The molecule has 3 radical (unpaired) electrons. The molecule has 4 saturated carbocycles. The van der Waals surface area contributed by atoms with Gasteiger partial charge < -0.3 is 5.73 Å². The highest BCUT2D eigenvalue weighted by molar-refractivity contribution is 8.14. The van der Waals surface area contributed by atoms with Gasteiger partial charge in [-0.2, -0.15) is 0 Å². The Morgan fingerprint density at radius 3 is 1.27 bits per heavy atom. The van der Waals surface area contributed by atoms with Crippen LogP contribution in [0.3, 0.4) is 0 Å². The van der Waals surface area contributed by atoms with E-state index in [9.17, 15) is 53.6 Å². The molecule has 0 saturated heterocycles. The van der Waals surface area contributed by atoms with E-state index in [-0.39, 0.29) is 98.5 Å². The summed E-state index contributed by atoms with van der Waals surface area (Å²) in [6.45, 7) is 0. The molecule has 0 aliphatic heterocycles. The Bertz CT molecular complexity index is 5070. The van der Waals surface area contributed by atoms with Crippen LogP contribution in [-0.2, 0) is 19.1 Å². The molecule has 3 N–H and O–H groups in total. The Labute approximate surface area is 581 Å². The molecule has 0 spiro atoms. The third-order valence-corrected chi connectivity index (χ3v) is 21.9. The van der Waals surface area contributed by atoms with E-state index < -0.39 is 111 Å². The molecular weight excluding hydrogens is 1430 g/mol. The van der Waals surface area contributed by atoms with Crippen LogP contribution in [-0.4, -0.2) is 111 Å². The van der Waals surface area contributed by atoms with Crippen LogP contribution in [0.1, 0.15) is 140 Å². The maximum atomic E-state index is 15.9. The van der Waals surface area contributed by atoms with E-state index in [1.54, 1.807) is 43.0 Å². The molecule has 18 nitrogen and oxygen atoms in total. The lowest BCUT2D eigenvalue weighted by Gasteiger charge is -2.15. The van der Waals surface area contributed by atoms with Crippen molar-refractivity contribution in [2.24, 2.45) is 0 Å². The first-order valence-corrected chi connectivity index (χ1v) is 35.3. The molecule has 4 atom stereocenters. The first-order valence-electron chi connectivity index (χ1n) is 29.9. The average Bonchev–Trinajstić information content (AvgIpc) is 1.61. The highest BCUT2D eigenvalue weighted by atomic mass is 35.7. The Kier molecular flexibility index (Phi) is 20.6. The van der Waals surface area contributed by atoms with Gasteiger partial charge in [-0.05, 0) is 125 Å². The van der Waals surface area contributed by atoms with E-state index in [1.807, 2.05) is 0 Å². The van der Waals surface area contributed by atoms with Gasteiger partial charge >= 0.3 is 0 Å². The summed E-state index contributed by atoms with van der Waals surface area (Å²) in [6.07, 6.45) is 14.0. The summed E-state index contributed by atoms with van der Waals surface area (Å²) in [6, 6.07) is 15.6. The third-order valence-electron chi connectivity index (χ3n) is 16.9. The number of ketones is 2. The van der Waals surface area contributed by atoms with Crippen molar-refractivity contribution in [3.8, 4) is 22.3 Å². The monoisotopic (exact) mass is 1470 g/mol. The highest BCUT2D eigenvalue weighted by Crippen LogP contribution is 2.41. The molecule has 0 amide bonds. The van der Waals surface area contributed by atoms with Gasteiger partial charge in [-0.15, -0.1) is 0 Å². The predicted octanol–water partition coefficient (Wildman–Crippen LogP) is 15.0. The van der Waals surface area contributed by atoms with Crippen molar-refractivity contribution in [2.45, 2.75) is 98.9 Å². The number of nitrogens with zero attached hydrogens (tertiary/aromatic N) is 8. The summed E-state index contributed by atoms with van der Waals surface area (Å²) in [5.41, 5.74) is 4.16. The molecule has 6 heterocycles. The zero-order valence-electron chi connectivity index (χ0n) is 50.6. The van der Waals surface area contributed by atoms with Gasteiger partial charge in [-0.1, -0.05) is 58.5 Å². The molecule has 6 aromatic heterocycles. The fraction of sp³-hybridized carbons (Fsp3) is 0.242. The van der Waals surface area contributed by atoms with Gasteiger partial charge in [0.05, 0.1) is 75.3 Å². The van der Waals surface area contributed by atoms with E-state index >= 15 is 8.78 Å². The van der Waals surface area contributed by atoms with Crippen LogP contribution in [0.25, 0.3) is 44.3 Å². The summed E-state index contributed by atoms with van der Waals surface area (Å²) < 4.78 is 138. The highest BCUT2D eigenvalue weighted by Gasteiger charge is 2.38. The number of fused-ring (bicyclic) bond motifs is 2. The van der Waals surface area contributed by atoms with Gasteiger partial charge in [0.1, 0.15) is 46.9 Å². The number of carbonyl (C=O) groups excluding carboxylic acids is 4. The van der Waals surface area contributed by atoms with Crippen molar-refractivity contribution in [3.63, 3.8) is 0 Å². The number of nitrogens with one attached hydrogen (secondary N) is 1. The number of hydrogen-bond acceptors (Lipinski definition) is 15. The van der Waals surface area contributed by atoms with Gasteiger partial charge in [-0.25, -0.2) is 73.1 Å². The zero-order chi connectivity index (χ0) is 69.1. The molecule has 4 aromatic carbocycles. The summed E-state index contributed by atoms with van der Waals surface area (Å²) in [4.78, 5) is 81.6. The molecule has 2 unspecified atom stereocenters. The number of sulfonamides is 1. The quantitative estimate of drug-likeness (QED) is 0.0337. The lowest BCUT2D eigenvalue weighted by Crippen LogP contribution is -2.26. The fourth-order valence-electron chi connectivity index (χ4n) is 11.4. The Balaban J connectivity index is 0.000000175. The first-order chi connectivity index (χ1) is 46.2. The van der Waals surface area contributed by atoms with Crippen LogP contribution < -0.4 is 10.5 Å². The number of pyridine rings is 2. The molecule has 10 aromatic rings. The van der Waals surface area contributed by atoms with Crippen LogP contribution >= 0.6 is 57.1 Å². The first kappa shape index (κ1) is 71.0. The van der Waals surface area contributed by atoms with E-state index in [0.29, 0.717) is 52.8 Å². The number of anilines is 2. The summed E-state index contributed by atoms with van der Waals surface area (Å²) in [5, 5.41) is -1.35. The average molecular weight is 1480 g/mol. The molecule has 14 rings (SSSR count). The van der Waals surface area contributed by atoms with Crippen molar-refractivity contribution in [2.75, 3.05) is 10.5 Å². The number of carbonyl (C=O) groups is 4. The Hall–Kier alpha value is -8.31. The standard InChI is InChI=1S/C33H24Cl2F3N5O4S.C28H17Cl2F2N5O2.C5H8ClFO2S.B/c34-23-2-1-3-24(35)27(23)33(45)43-15-22(21-10-17(12-41-32(21)43)18-13-39-31(40-14-18)16-4-5-16)30(44)28-25(37)8-9-26(29(28)38)42-48(46,47)20-7-6-19(36)11-20;29-18-2-1-3-19(30)22(18)28(39)37-12-17(25(38)23-20(31)6-7-21(33)24(23)32)16-8-14(9-36-27(16)37)15-10-34-26(35-11-15)13-4-5-13;6-10(8,9)5-2-1-4(7)3-5;/h1-3,8-10,12-16,19-20,42H,4-7,11H2;1-3,6-13H,4-5,33H2;4-5H,1-3H2;/t19-,20?;;4-,5?;/m1.1./s1. The second-order valence-electron chi connectivity index (χ2n) is 23.5. The minimum atomic E-state index is -4.27. The number of nitrogens with two attached hydrogens (primary N) is 1. The minimum Gasteiger partial charge on any atom is -0.396 e. The van der Waals surface area contributed by atoms with Crippen molar-refractivity contribution >= 4 is 141 Å². The van der Waals surface area contributed by atoms with Gasteiger partial charge in [0.15, 0.2) is 11.6 Å². The van der Waals surface area contributed by atoms with Crippen LogP contribution in [0.5, 0.6) is 0 Å². The number of rotatable bonds is 14. The number of halogens is 11. The summed E-state index contributed by atoms with van der Waals surface area (Å²) >= 11 is 25.1. The lowest BCUT2D eigenvalue weighted by molar-refractivity contribution is 0.0955. The second-order valence-corrected chi connectivity index (χ2v) is 30.0. The van der Waals surface area contributed by atoms with E-state index in [2.05, 4.69) is 34.6 Å². The van der Waals surface area contributed by atoms with Crippen LogP contribution in [0.4, 0.5) is 37.7 Å². The van der Waals surface area contributed by atoms with E-state index in [1.165, 1.54) is 48.9 Å². The molecule has 503 valence electrons. The van der Waals surface area contributed by atoms with Crippen LogP contribution in [0.2, 0.25) is 20.1 Å². The van der Waals surface area contributed by atoms with Crippen molar-refractivity contribution in [1.82, 2.24) is 39.0 Å². The maximum absolute atomic E-state index is 15.9. The van der Waals surface area contributed by atoms with Crippen molar-refractivity contribution < 1.29 is 62.4 Å². The lowest BCUT2D eigenvalue weighted by atomic mass is 10.0. The normalized spacial score (nSPS) is 17.5. The van der Waals surface area contributed by atoms with E-state index in [4.69, 9.17) is 62.8 Å². The molecule has 4 aliphatic rings. The number of nitrogen functional groups attached to an aromatic ring is 1. The largest absolute Gasteiger partial charge is 0.396 e. The summed E-state index contributed by atoms with van der Waals surface area (Å²) in [5.74, 6) is -6.58. The number of benzene rings is 4. The molecular formula is C66H49BCl5F6N10O8S2. The predicted molar refractivity (Wildman–Crippen MR) is 360 cm³/mol. The van der Waals surface area contributed by atoms with Crippen molar-refractivity contribution in [1.29, 1.82) is 0 Å². The topological polar surface area (TPSA) is 262 Å². The SMILES string of the molecule is Nc1ccc(F)c(C(=O)c2cn(C(=O)c3c(Cl)cccc3Cl)c3ncc(-c4cnc(C5CC5)nc4)cc23)c1F.O=C(c1c(F)ccc(NS(=O)(=O)C2CC[C@@H](F)C2)c1F)c1cn(C(=O)c2c(Cl)cccc2Cl)c2ncc(-c3cnc(C4CC4)nc3)cc12.O=S(=O)(Cl)C1CC[C@@H](F)C1.[B]. The Morgan fingerprint density at radius 2 is 0.888 bits per heavy atom. The second kappa shape index (κ2) is 28.5. The van der Waals surface area contributed by atoms with Gasteiger partial charge in [0.2, 0.25) is 30.6 Å². The molecule has 98 heavy (non-hydrogen) atoms. The third kappa shape index (κ3) is 14.6. The molecule has 32 heteroatoms. The smallest absolute Gasteiger partial charge is 0.266 e. The fourth-order valence-corrected chi connectivity index (χ4v) is 15.4. The molecule has 0 bridgehead atoms. The number of alkyl halides is 2. The number of hydrogen-bond donors (Lipinski definition) is 2. The molecule has 4 aliphatic carbocycles. The van der Waals surface area contributed by atoms with Crippen LogP contribution in [0.15, 0.2) is 122 Å². The van der Waals surface area contributed by atoms with Gasteiger partial charge in [0, 0.05) is 114 Å². The van der Waals surface area contributed by atoms with Gasteiger partial charge in [-0.3, -0.25) is 33.0 Å². The maximum Gasteiger partial charge on any atom is 0.266 e. The molecule has 4 fully saturated rings. The van der Waals surface area contributed by atoms with E-state index in [0.717, 1.165) is 71.1 Å².